The van der Waals surface area contributed by atoms with Crippen molar-refractivity contribution in [3.63, 3.8) is 0 Å². The van der Waals surface area contributed by atoms with Crippen molar-refractivity contribution in [2.24, 2.45) is 0 Å². The maximum atomic E-state index is 13.2. The molecule has 2 aromatic carbocycles. The molecule has 2 rings (SSSR count). The van der Waals surface area contributed by atoms with E-state index in [2.05, 4.69) is 4.72 Å². The van der Waals surface area contributed by atoms with Gasteiger partial charge in [-0.25, -0.2) is 17.5 Å². The number of sulfonamides is 1. The lowest BCUT2D eigenvalue weighted by Crippen LogP contribution is -2.24. The summed E-state index contributed by atoms with van der Waals surface area (Å²) in [4.78, 5) is 0.0290. The second-order valence-electron chi connectivity index (χ2n) is 5.27. The fourth-order valence-corrected chi connectivity index (χ4v) is 3.65. The van der Waals surface area contributed by atoms with Gasteiger partial charge in [-0.1, -0.05) is 0 Å². The van der Waals surface area contributed by atoms with Crippen LogP contribution in [0.25, 0.3) is 0 Å². The van der Waals surface area contributed by atoms with Crippen LogP contribution in [0.4, 0.5) is 4.39 Å². The minimum absolute atomic E-state index is 0.00979. The van der Waals surface area contributed by atoms with E-state index in [0.717, 1.165) is 6.07 Å². The van der Waals surface area contributed by atoms with Crippen LogP contribution < -0.4 is 18.9 Å². The number of benzene rings is 2. The second kappa shape index (κ2) is 7.71. The number of hydrogen-bond acceptors (Lipinski definition) is 5. The van der Waals surface area contributed by atoms with Crippen molar-refractivity contribution >= 4 is 10.0 Å². The molecule has 0 heterocycles. The molecule has 0 fully saturated rings. The molecule has 25 heavy (non-hydrogen) atoms. The van der Waals surface area contributed by atoms with E-state index in [-0.39, 0.29) is 11.4 Å². The van der Waals surface area contributed by atoms with Crippen molar-refractivity contribution in [3.05, 3.63) is 47.3 Å². The van der Waals surface area contributed by atoms with Gasteiger partial charge in [0.15, 0.2) is 11.5 Å². The maximum absolute atomic E-state index is 13.2. The smallest absolute Gasteiger partial charge is 0.241 e. The van der Waals surface area contributed by atoms with Crippen LogP contribution in [0.1, 0.15) is 11.1 Å². The molecule has 0 atom stereocenters. The Morgan fingerprint density at radius 1 is 1.00 bits per heavy atom. The van der Waals surface area contributed by atoms with Gasteiger partial charge in [0.1, 0.15) is 5.82 Å². The molecule has 0 aliphatic rings. The highest BCUT2D eigenvalue weighted by molar-refractivity contribution is 7.89. The first-order valence-corrected chi connectivity index (χ1v) is 8.85. The average Bonchev–Trinajstić information content (AvgIpc) is 2.58. The Balaban J connectivity index is 2.28. The summed E-state index contributed by atoms with van der Waals surface area (Å²) in [5, 5.41) is 0. The maximum Gasteiger partial charge on any atom is 0.241 e. The molecular formula is C17H20FNO5S. The Labute approximate surface area is 146 Å². The zero-order chi connectivity index (χ0) is 18.6. The van der Waals surface area contributed by atoms with Crippen LogP contribution in [0.15, 0.2) is 35.2 Å². The molecule has 8 heteroatoms. The molecule has 1 N–H and O–H groups in total. The number of nitrogens with one attached hydrogen (secondary N) is 1. The second-order valence-corrected chi connectivity index (χ2v) is 7.00. The SMILES string of the molecule is COc1cc(CNS(=O)(=O)c2ccc(F)cc2C)cc(OC)c1OC. The van der Waals surface area contributed by atoms with E-state index >= 15 is 0 Å². The molecule has 0 aromatic heterocycles. The Bertz CT molecular complexity index is 842. The lowest BCUT2D eigenvalue weighted by Gasteiger charge is -2.15. The summed E-state index contributed by atoms with van der Waals surface area (Å²) in [6.45, 7) is 1.55. The van der Waals surface area contributed by atoms with E-state index < -0.39 is 15.8 Å². The normalized spacial score (nSPS) is 11.2. The topological polar surface area (TPSA) is 73.9 Å². The molecule has 0 saturated heterocycles. The lowest BCUT2D eigenvalue weighted by atomic mass is 10.2. The molecular weight excluding hydrogens is 349 g/mol. The van der Waals surface area contributed by atoms with E-state index in [1.165, 1.54) is 40.4 Å². The van der Waals surface area contributed by atoms with E-state index in [4.69, 9.17) is 14.2 Å². The van der Waals surface area contributed by atoms with E-state index in [1.54, 1.807) is 12.1 Å². The number of halogens is 1. The quantitative estimate of drug-likeness (QED) is 0.812. The zero-order valence-electron chi connectivity index (χ0n) is 14.4. The zero-order valence-corrected chi connectivity index (χ0v) is 15.2. The van der Waals surface area contributed by atoms with Crippen molar-refractivity contribution in [1.29, 1.82) is 0 Å². The summed E-state index contributed by atoms with van der Waals surface area (Å²) in [6, 6.07) is 6.83. The third-order valence-corrected chi connectivity index (χ3v) is 5.18. The van der Waals surface area contributed by atoms with Gasteiger partial charge in [0.05, 0.1) is 26.2 Å². The first kappa shape index (κ1) is 19.0. The Morgan fingerprint density at radius 3 is 2.08 bits per heavy atom. The average molecular weight is 369 g/mol. The molecule has 0 saturated carbocycles. The molecule has 0 unspecified atom stereocenters. The number of hydrogen-bond donors (Lipinski definition) is 1. The van der Waals surface area contributed by atoms with Gasteiger partial charge in [-0.15, -0.1) is 0 Å². The first-order valence-electron chi connectivity index (χ1n) is 7.37. The highest BCUT2D eigenvalue weighted by Gasteiger charge is 2.18. The molecule has 136 valence electrons. The van der Waals surface area contributed by atoms with Crippen molar-refractivity contribution < 1.29 is 27.0 Å². The van der Waals surface area contributed by atoms with Crippen molar-refractivity contribution in [2.45, 2.75) is 18.4 Å². The molecule has 0 amide bonds. The summed E-state index contributed by atoms with van der Waals surface area (Å²) < 4.78 is 56.3. The lowest BCUT2D eigenvalue weighted by molar-refractivity contribution is 0.323. The van der Waals surface area contributed by atoms with Gasteiger partial charge in [0, 0.05) is 6.54 Å². The molecule has 0 spiro atoms. The number of aryl methyl sites for hydroxylation is 1. The Morgan fingerprint density at radius 2 is 1.60 bits per heavy atom. The van der Waals surface area contributed by atoms with Crippen LogP contribution in [-0.4, -0.2) is 29.7 Å². The molecule has 0 aliphatic heterocycles. The summed E-state index contributed by atoms with van der Waals surface area (Å²) in [7, 11) is 0.654. The minimum Gasteiger partial charge on any atom is -0.493 e. The van der Waals surface area contributed by atoms with Crippen molar-refractivity contribution in [2.75, 3.05) is 21.3 Å². The molecule has 6 nitrogen and oxygen atoms in total. The van der Waals surface area contributed by atoms with E-state index in [1.807, 2.05) is 0 Å². The van der Waals surface area contributed by atoms with Crippen LogP contribution >= 0.6 is 0 Å². The summed E-state index contributed by atoms with van der Waals surface area (Å²) in [5.41, 5.74) is 0.954. The van der Waals surface area contributed by atoms with Gasteiger partial charge >= 0.3 is 0 Å². The monoisotopic (exact) mass is 369 g/mol. The third kappa shape index (κ3) is 4.21. The Kier molecular flexibility index (Phi) is 5.86. The van der Waals surface area contributed by atoms with Crippen molar-refractivity contribution in [3.8, 4) is 17.2 Å². The van der Waals surface area contributed by atoms with Gasteiger partial charge in [-0.2, -0.15) is 0 Å². The van der Waals surface area contributed by atoms with Gasteiger partial charge in [0.25, 0.3) is 0 Å². The number of rotatable bonds is 7. The number of methoxy groups -OCH3 is 3. The third-order valence-electron chi connectivity index (χ3n) is 3.62. The van der Waals surface area contributed by atoms with E-state index in [9.17, 15) is 12.8 Å². The highest BCUT2D eigenvalue weighted by Crippen LogP contribution is 2.38. The van der Waals surface area contributed by atoms with Gasteiger partial charge in [0.2, 0.25) is 15.8 Å². The van der Waals surface area contributed by atoms with Crippen LogP contribution in [0.2, 0.25) is 0 Å². The van der Waals surface area contributed by atoms with Gasteiger partial charge in [-0.05, 0) is 48.4 Å². The summed E-state index contributed by atoms with van der Waals surface area (Å²) in [5.74, 6) is 0.787. The minimum atomic E-state index is -3.79. The predicted octanol–water partition coefficient (Wildman–Crippen LogP) is 2.64. The largest absolute Gasteiger partial charge is 0.493 e. The van der Waals surface area contributed by atoms with Crippen molar-refractivity contribution in [1.82, 2.24) is 4.72 Å². The fourth-order valence-electron chi connectivity index (χ4n) is 2.41. The number of ether oxygens (including phenoxy) is 3. The van der Waals surface area contributed by atoms with E-state index in [0.29, 0.717) is 28.4 Å². The van der Waals surface area contributed by atoms with Crippen LogP contribution in [0, 0.1) is 12.7 Å². The highest BCUT2D eigenvalue weighted by atomic mass is 32.2. The predicted molar refractivity (Wildman–Crippen MR) is 91.3 cm³/mol. The molecule has 2 aromatic rings. The molecule has 0 bridgehead atoms. The van der Waals surface area contributed by atoms with Crippen LogP contribution in [0.3, 0.4) is 0 Å². The first-order chi connectivity index (χ1) is 11.8. The molecule has 0 aliphatic carbocycles. The van der Waals surface area contributed by atoms with Crippen LogP contribution in [-0.2, 0) is 16.6 Å². The van der Waals surface area contributed by atoms with Crippen LogP contribution in [0.5, 0.6) is 17.2 Å². The molecule has 0 radical (unpaired) electrons. The summed E-state index contributed by atoms with van der Waals surface area (Å²) in [6.07, 6.45) is 0. The Hall–Kier alpha value is -2.32. The fraction of sp³-hybridized carbons (Fsp3) is 0.294. The standard InChI is InChI=1S/C17H20FNO5S/c1-11-7-13(18)5-6-16(11)25(20,21)19-10-12-8-14(22-2)17(24-4)15(9-12)23-3/h5-9,19H,10H2,1-4H3. The van der Waals surface area contributed by atoms with Gasteiger partial charge < -0.3 is 14.2 Å². The summed E-state index contributed by atoms with van der Waals surface area (Å²) >= 11 is 0. The van der Waals surface area contributed by atoms with Gasteiger partial charge in [-0.3, -0.25) is 0 Å².